The standard InChI is InChI=1S/C14H20N2O2/c1-4-10(2)15-13(17)14(18)16-11(3)12-8-6-5-7-9-12/h5-11H,4H2,1-3H3,(H,15,17)(H,16,18)/t10-,11+/m0/s1. The van der Waals surface area contributed by atoms with E-state index in [0.29, 0.717) is 0 Å². The van der Waals surface area contributed by atoms with E-state index < -0.39 is 11.8 Å². The molecule has 0 aliphatic rings. The van der Waals surface area contributed by atoms with Gasteiger partial charge in [0.05, 0.1) is 6.04 Å². The van der Waals surface area contributed by atoms with Crippen LogP contribution in [0.1, 0.15) is 38.8 Å². The second-order valence-electron chi connectivity index (χ2n) is 4.39. The molecule has 2 atom stereocenters. The van der Waals surface area contributed by atoms with Crippen molar-refractivity contribution in [2.24, 2.45) is 0 Å². The van der Waals surface area contributed by atoms with Crippen LogP contribution in [0.15, 0.2) is 30.3 Å². The molecule has 0 fully saturated rings. The predicted molar refractivity (Wildman–Crippen MR) is 70.9 cm³/mol. The molecule has 2 amide bonds. The average molecular weight is 248 g/mol. The minimum atomic E-state index is -0.591. The van der Waals surface area contributed by atoms with Crippen LogP contribution in [0.5, 0.6) is 0 Å². The van der Waals surface area contributed by atoms with Gasteiger partial charge in [-0.05, 0) is 25.8 Å². The van der Waals surface area contributed by atoms with Crippen molar-refractivity contribution in [3.8, 4) is 0 Å². The highest BCUT2D eigenvalue weighted by atomic mass is 16.2. The van der Waals surface area contributed by atoms with E-state index in [1.165, 1.54) is 0 Å². The third-order valence-electron chi connectivity index (χ3n) is 2.84. The monoisotopic (exact) mass is 248 g/mol. The van der Waals surface area contributed by atoms with Crippen LogP contribution >= 0.6 is 0 Å². The summed E-state index contributed by atoms with van der Waals surface area (Å²) in [6.45, 7) is 5.67. The van der Waals surface area contributed by atoms with Gasteiger partial charge in [0, 0.05) is 6.04 Å². The molecule has 0 aromatic heterocycles. The first kappa shape index (κ1) is 14.2. The number of benzene rings is 1. The van der Waals surface area contributed by atoms with Gasteiger partial charge in [-0.25, -0.2) is 0 Å². The van der Waals surface area contributed by atoms with E-state index in [9.17, 15) is 9.59 Å². The van der Waals surface area contributed by atoms with Crippen LogP contribution in [0.25, 0.3) is 0 Å². The van der Waals surface area contributed by atoms with Gasteiger partial charge < -0.3 is 10.6 Å². The van der Waals surface area contributed by atoms with Gasteiger partial charge in [-0.1, -0.05) is 37.3 Å². The fourth-order valence-electron chi connectivity index (χ4n) is 1.48. The van der Waals surface area contributed by atoms with Crippen LogP contribution in [0.3, 0.4) is 0 Å². The molecule has 18 heavy (non-hydrogen) atoms. The van der Waals surface area contributed by atoms with E-state index in [1.54, 1.807) is 0 Å². The molecule has 0 unspecified atom stereocenters. The van der Waals surface area contributed by atoms with E-state index in [4.69, 9.17) is 0 Å². The second kappa shape index (κ2) is 6.79. The Kier molecular flexibility index (Phi) is 5.36. The Morgan fingerprint density at radius 3 is 2.17 bits per heavy atom. The predicted octanol–water partition coefficient (Wildman–Crippen LogP) is 1.78. The molecule has 0 aliphatic carbocycles. The fraction of sp³-hybridized carbons (Fsp3) is 0.429. The first-order chi connectivity index (χ1) is 8.54. The van der Waals surface area contributed by atoms with Crippen molar-refractivity contribution in [3.05, 3.63) is 35.9 Å². The highest BCUT2D eigenvalue weighted by Crippen LogP contribution is 2.10. The molecule has 1 aromatic carbocycles. The maximum atomic E-state index is 11.7. The summed E-state index contributed by atoms with van der Waals surface area (Å²) in [5.74, 6) is -1.17. The lowest BCUT2D eigenvalue weighted by molar-refractivity contribution is -0.140. The minimum absolute atomic E-state index is 0.00952. The molecule has 0 spiro atoms. The third-order valence-corrected chi connectivity index (χ3v) is 2.84. The summed E-state index contributed by atoms with van der Waals surface area (Å²) >= 11 is 0. The highest BCUT2D eigenvalue weighted by molar-refractivity contribution is 6.35. The molecule has 4 nitrogen and oxygen atoms in total. The van der Waals surface area contributed by atoms with Gasteiger partial charge in [0.1, 0.15) is 0 Å². The summed E-state index contributed by atoms with van der Waals surface area (Å²) in [5, 5.41) is 5.31. The quantitative estimate of drug-likeness (QED) is 0.798. The number of hydrogen-bond acceptors (Lipinski definition) is 2. The number of carbonyl (C=O) groups is 2. The Bertz CT molecular complexity index is 404. The summed E-state index contributed by atoms with van der Waals surface area (Å²) in [5.41, 5.74) is 0.974. The summed E-state index contributed by atoms with van der Waals surface area (Å²) in [7, 11) is 0. The van der Waals surface area contributed by atoms with Gasteiger partial charge in [-0.15, -0.1) is 0 Å². The molecule has 1 aromatic rings. The molecular formula is C14H20N2O2. The zero-order valence-corrected chi connectivity index (χ0v) is 11.1. The van der Waals surface area contributed by atoms with Crippen molar-refractivity contribution in [2.75, 3.05) is 0 Å². The Balaban J connectivity index is 2.52. The summed E-state index contributed by atoms with van der Waals surface area (Å²) in [4.78, 5) is 23.2. The largest absolute Gasteiger partial charge is 0.345 e. The van der Waals surface area contributed by atoms with E-state index in [-0.39, 0.29) is 12.1 Å². The molecule has 4 heteroatoms. The first-order valence-electron chi connectivity index (χ1n) is 6.21. The van der Waals surface area contributed by atoms with Gasteiger partial charge >= 0.3 is 11.8 Å². The first-order valence-corrected chi connectivity index (χ1v) is 6.21. The molecule has 2 N–H and O–H groups in total. The smallest absolute Gasteiger partial charge is 0.309 e. The number of carbonyl (C=O) groups excluding carboxylic acids is 2. The van der Waals surface area contributed by atoms with Crippen LogP contribution in [-0.4, -0.2) is 17.9 Å². The molecule has 0 saturated heterocycles. The van der Waals surface area contributed by atoms with Gasteiger partial charge in [0.2, 0.25) is 0 Å². The highest BCUT2D eigenvalue weighted by Gasteiger charge is 2.17. The number of amides is 2. The molecule has 0 radical (unpaired) electrons. The van der Waals surface area contributed by atoms with E-state index in [0.717, 1.165) is 12.0 Å². The van der Waals surface area contributed by atoms with Crippen molar-refractivity contribution in [2.45, 2.75) is 39.3 Å². The second-order valence-corrected chi connectivity index (χ2v) is 4.39. The van der Waals surface area contributed by atoms with Crippen LogP contribution in [0.2, 0.25) is 0 Å². The van der Waals surface area contributed by atoms with Crippen molar-refractivity contribution >= 4 is 11.8 Å². The summed E-state index contributed by atoms with van der Waals surface area (Å²) in [6, 6.07) is 9.37. The van der Waals surface area contributed by atoms with E-state index in [2.05, 4.69) is 10.6 Å². The lowest BCUT2D eigenvalue weighted by Gasteiger charge is -2.15. The Morgan fingerprint density at radius 2 is 1.61 bits per heavy atom. The van der Waals surface area contributed by atoms with Gasteiger partial charge in [-0.3, -0.25) is 9.59 Å². The Labute approximate surface area is 108 Å². The lowest BCUT2D eigenvalue weighted by Crippen LogP contribution is -2.44. The van der Waals surface area contributed by atoms with Gasteiger partial charge in [0.15, 0.2) is 0 Å². The summed E-state index contributed by atoms with van der Waals surface area (Å²) < 4.78 is 0. The molecular weight excluding hydrogens is 228 g/mol. The van der Waals surface area contributed by atoms with Crippen LogP contribution < -0.4 is 10.6 Å². The molecule has 0 saturated carbocycles. The minimum Gasteiger partial charge on any atom is -0.345 e. The molecule has 1 rings (SSSR count). The molecule has 0 bridgehead atoms. The van der Waals surface area contributed by atoms with Crippen molar-refractivity contribution < 1.29 is 9.59 Å². The van der Waals surface area contributed by atoms with E-state index in [1.807, 2.05) is 51.1 Å². The summed E-state index contributed by atoms with van der Waals surface area (Å²) in [6.07, 6.45) is 0.799. The Hall–Kier alpha value is -1.84. The number of hydrogen-bond donors (Lipinski definition) is 2. The SMILES string of the molecule is CC[C@H](C)NC(=O)C(=O)N[C@H](C)c1ccccc1. The maximum absolute atomic E-state index is 11.7. The number of rotatable bonds is 4. The van der Waals surface area contributed by atoms with Crippen LogP contribution in [0.4, 0.5) is 0 Å². The maximum Gasteiger partial charge on any atom is 0.309 e. The fourth-order valence-corrected chi connectivity index (χ4v) is 1.48. The van der Waals surface area contributed by atoms with Crippen LogP contribution in [0, 0.1) is 0 Å². The lowest BCUT2D eigenvalue weighted by atomic mass is 10.1. The molecule has 0 aliphatic heterocycles. The van der Waals surface area contributed by atoms with Crippen molar-refractivity contribution in [1.82, 2.24) is 10.6 Å². The van der Waals surface area contributed by atoms with Gasteiger partial charge in [0.25, 0.3) is 0 Å². The normalized spacial score (nSPS) is 13.5. The topological polar surface area (TPSA) is 58.2 Å². The van der Waals surface area contributed by atoms with Crippen LogP contribution in [-0.2, 0) is 9.59 Å². The molecule has 0 heterocycles. The van der Waals surface area contributed by atoms with Gasteiger partial charge in [-0.2, -0.15) is 0 Å². The molecule has 98 valence electrons. The van der Waals surface area contributed by atoms with Crippen molar-refractivity contribution in [1.29, 1.82) is 0 Å². The Morgan fingerprint density at radius 1 is 1.06 bits per heavy atom. The number of nitrogens with one attached hydrogen (secondary N) is 2. The van der Waals surface area contributed by atoms with Crippen molar-refractivity contribution in [3.63, 3.8) is 0 Å². The average Bonchev–Trinajstić information content (AvgIpc) is 2.39. The zero-order valence-electron chi connectivity index (χ0n) is 11.1. The van der Waals surface area contributed by atoms with E-state index >= 15 is 0 Å². The zero-order chi connectivity index (χ0) is 13.5. The third kappa shape index (κ3) is 4.20.